The smallest absolute Gasteiger partial charge is 0.243 e. The average molecular weight is 376 g/mol. The minimum absolute atomic E-state index is 0.00267. The molecule has 0 unspecified atom stereocenters. The van der Waals surface area contributed by atoms with E-state index in [0.29, 0.717) is 25.8 Å². The van der Waals surface area contributed by atoms with Gasteiger partial charge in [0.25, 0.3) is 0 Å². The highest BCUT2D eigenvalue weighted by molar-refractivity contribution is 7.89. The van der Waals surface area contributed by atoms with Crippen LogP contribution < -0.4 is 5.32 Å². The fourth-order valence-corrected chi connectivity index (χ4v) is 4.78. The fraction of sp³-hybridized carbons (Fsp3) is 0.316. The molecule has 1 saturated heterocycles. The molecule has 0 bridgehead atoms. The lowest BCUT2D eigenvalue weighted by Gasteiger charge is -2.23. The molecular formula is C19H21FN2O3S. The van der Waals surface area contributed by atoms with Gasteiger partial charge in [-0.2, -0.15) is 4.31 Å². The summed E-state index contributed by atoms with van der Waals surface area (Å²) < 4.78 is 39.8. The van der Waals surface area contributed by atoms with E-state index in [4.69, 9.17) is 0 Å². The molecule has 7 heteroatoms. The molecule has 2 aromatic rings. The third kappa shape index (κ3) is 4.11. The number of halogens is 1. The number of benzene rings is 2. The first-order valence-electron chi connectivity index (χ1n) is 8.57. The van der Waals surface area contributed by atoms with E-state index >= 15 is 0 Å². The van der Waals surface area contributed by atoms with Crippen LogP contribution in [-0.2, 0) is 21.2 Å². The second-order valence-electron chi connectivity index (χ2n) is 6.25. The molecule has 1 fully saturated rings. The molecular weight excluding hydrogens is 355 g/mol. The number of hydrogen-bond acceptors (Lipinski definition) is 3. The van der Waals surface area contributed by atoms with E-state index in [-0.39, 0.29) is 17.3 Å². The van der Waals surface area contributed by atoms with Crippen molar-refractivity contribution < 1.29 is 17.6 Å². The van der Waals surface area contributed by atoms with Crippen LogP contribution in [0.5, 0.6) is 0 Å². The summed E-state index contributed by atoms with van der Waals surface area (Å²) in [5.74, 6) is -0.787. The summed E-state index contributed by atoms with van der Waals surface area (Å²) in [6.07, 6.45) is 1.79. The SMILES string of the molecule is O=C(NCCc1ccccc1)[C@H]1CCCN1S(=O)(=O)c1ccc(F)cc1. The zero-order valence-electron chi connectivity index (χ0n) is 14.3. The number of nitrogens with one attached hydrogen (secondary N) is 1. The van der Waals surface area contributed by atoms with Crippen LogP contribution in [0.3, 0.4) is 0 Å². The number of carbonyl (C=O) groups is 1. The molecule has 1 aliphatic rings. The monoisotopic (exact) mass is 376 g/mol. The van der Waals surface area contributed by atoms with Crippen LogP contribution in [0.1, 0.15) is 18.4 Å². The summed E-state index contributed by atoms with van der Waals surface area (Å²) >= 11 is 0. The van der Waals surface area contributed by atoms with Crippen LogP contribution in [-0.4, -0.2) is 37.8 Å². The molecule has 0 spiro atoms. The Morgan fingerprint density at radius 2 is 1.81 bits per heavy atom. The van der Waals surface area contributed by atoms with Gasteiger partial charge in [0.05, 0.1) is 4.90 Å². The number of hydrogen-bond donors (Lipinski definition) is 1. The van der Waals surface area contributed by atoms with E-state index in [1.165, 1.54) is 16.4 Å². The highest BCUT2D eigenvalue weighted by Crippen LogP contribution is 2.26. The second kappa shape index (κ2) is 7.97. The molecule has 2 aromatic carbocycles. The molecule has 3 rings (SSSR count). The minimum Gasteiger partial charge on any atom is -0.354 e. The zero-order valence-corrected chi connectivity index (χ0v) is 15.1. The van der Waals surface area contributed by atoms with Crippen molar-refractivity contribution in [2.45, 2.75) is 30.2 Å². The van der Waals surface area contributed by atoms with Crippen molar-refractivity contribution in [1.82, 2.24) is 9.62 Å². The third-order valence-electron chi connectivity index (χ3n) is 4.48. The molecule has 1 N–H and O–H groups in total. The summed E-state index contributed by atoms with van der Waals surface area (Å²) in [6, 6.07) is 13.7. The predicted octanol–water partition coefficient (Wildman–Crippen LogP) is 2.34. The van der Waals surface area contributed by atoms with Gasteiger partial charge in [0, 0.05) is 13.1 Å². The Morgan fingerprint density at radius 1 is 1.12 bits per heavy atom. The fourth-order valence-electron chi connectivity index (χ4n) is 3.12. The molecule has 26 heavy (non-hydrogen) atoms. The lowest BCUT2D eigenvalue weighted by Crippen LogP contribution is -2.46. The van der Waals surface area contributed by atoms with Crippen molar-refractivity contribution in [2.75, 3.05) is 13.1 Å². The highest BCUT2D eigenvalue weighted by atomic mass is 32.2. The third-order valence-corrected chi connectivity index (χ3v) is 6.40. The van der Waals surface area contributed by atoms with Crippen molar-refractivity contribution in [2.24, 2.45) is 0 Å². The summed E-state index contributed by atoms with van der Waals surface area (Å²) in [5.41, 5.74) is 1.11. The normalized spacial score (nSPS) is 18.0. The lowest BCUT2D eigenvalue weighted by molar-refractivity contribution is -0.124. The Bertz CT molecular complexity index is 854. The van der Waals surface area contributed by atoms with Crippen LogP contribution in [0.25, 0.3) is 0 Å². The number of sulfonamides is 1. The highest BCUT2D eigenvalue weighted by Gasteiger charge is 2.39. The van der Waals surface area contributed by atoms with E-state index in [1.807, 2.05) is 30.3 Å². The molecule has 0 saturated carbocycles. The standard InChI is InChI=1S/C19H21FN2O3S/c20-16-8-10-17(11-9-16)26(24,25)22-14-4-7-18(22)19(23)21-13-12-15-5-2-1-3-6-15/h1-3,5-6,8-11,18H,4,7,12-14H2,(H,21,23)/t18-/m1/s1. The maximum absolute atomic E-state index is 13.1. The van der Waals surface area contributed by atoms with Crippen LogP contribution in [0.2, 0.25) is 0 Å². The number of rotatable bonds is 6. The first-order valence-corrected chi connectivity index (χ1v) is 10.0. The van der Waals surface area contributed by atoms with Crippen molar-refractivity contribution in [1.29, 1.82) is 0 Å². The van der Waals surface area contributed by atoms with E-state index in [9.17, 15) is 17.6 Å². The molecule has 5 nitrogen and oxygen atoms in total. The van der Waals surface area contributed by atoms with Gasteiger partial charge in [-0.15, -0.1) is 0 Å². The van der Waals surface area contributed by atoms with Crippen LogP contribution in [0, 0.1) is 5.82 Å². The Hall–Kier alpha value is -2.25. The van der Waals surface area contributed by atoms with Crippen molar-refractivity contribution >= 4 is 15.9 Å². The Balaban J connectivity index is 1.65. The Kier molecular flexibility index (Phi) is 5.68. The van der Waals surface area contributed by atoms with Gasteiger partial charge in [0.2, 0.25) is 15.9 Å². The summed E-state index contributed by atoms with van der Waals surface area (Å²) in [5, 5.41) is 2.83. The average Bonchev–Trinajstić information content (AvgIpc) is 3.14. The van der Waals surface area contributed by atoms with Crippen LogP contribution in [0.15, 0.2) is 59.5 Å². The van der Waals surface area contributed by atoms with E-state index in [0.717, 1.165) is 17.7 Å². The maximum atomic E-state index is 13.1. The molecule has 0 aromatic heterocycles. The van der Waals surface area contributed by atoms with E-state index in [2.05, 4.69) is 5.32 Å². The van der Waals surface area contributed by atoms with Crippen molar-refractivity contribution in [3.05, 3.63) is 66.0 Å². The largest absolute Gasteiger partial charge is 0.354 e. The van der Waals surface area contributed by atoms with Gasteiger partial charge in [0.1, 0.15) is 11.9 Å². The number of carbonyl (C=O) groups excluding carboxylic acids is 1. The van der Waals surface area contributed by atoms with Gasteiger partial charge in [0.15, 0.2) is 0 Å². The van der Waals surface area contributed by atoms with Crippen molar-refractivity contribution in [3.63, 3.8) is 0 Å². The van der Waals surface area contributed by atoms with Gasteiger partial charge < -0.3 is 5.32 Å². The first-order chi connectivity index (χ1) is 12.5. The quantitative estimate of drug-likeness (QED) is 0.842. The summed E-state index contributed by atoms with van der Waals surface area (Å²) in [6.45, 7) is 0.736. The second-order valence-corrected chi connectivity index (χ2v) is 8.14. The molecule has 1 amide bonds. The Labute approximate surface area is 152 Å². The van der Waals surface area contributed by atoms with Crippen molar-refractivity contribution in [3.8, 4) is 0 Å². The minimum atomic E-state index is -3.82. The van der Waals surface area contributed by atoms with Gasteiger partial charge in [-0.3, -0.25) is 4.79 Å². The zero-order chi connectivity index (χ0) is 18.6. The molecule has 1 atom stereocenters. The van der Waals surface area contributed by atoms with Gasteiger partial charge in [-0.1, -0.05) is 30.3 Å². The van der Waals surface area contributed by atoms with Gasteiger partial charge >= 0.3 is 0 Å². The van der Waals surface area contributed by atoms with Crippen LogP contribution >= 0.6 is 0 Å². The molecule has 0 aliphatic carbocycles. The maximum Gasteiger partial charge on any atom is 0.243 e. The number of nitrogens with zero attached hydrogens (tertiary/aromatic N) is 1. The van der Waals surface area contributed by atoms with Gasteiger partial charge in [-0.25, -0.2) is 12.8 Å². The van der Waals surface area contributed by atoms with E-state index < -0.39 is 21.9 Å². The van der Waals surface area contributed by atoms with E-state index in [1.54, 1.807) is 0 Å². The predicted molar refractivity (Wildman–Crippen MR) is 96.5 cm³/mol. The summed E-state index contributed by atoms with van der Waals surface area (Å²) in [4.78, 5) is 12.5. The molecule has 138 valence electrons. The van der Waals surface area contributed by atoms with Crippen LogP contribution in [0.4, 0.5) is 4.39 Å². The molecule has 0 radical (unpaired) electrons. The van der Waals surface area contributed by atoms with Gasteiger partial charge in [-0.05, 0) is 49.1 Å². The lowest BCUT2D eigenvalue weighted by atomic mass is 10.1. The Morgan fingerprint density at radius 3 is 2.50 bits per heavy atom. The first kappa shape index (κ1) is 18.5. The molecule has 1 aliphatic heterocycles. The topological polar surface area (TPSA) is 66.5 Å². The number of amides is 1. The molecule has 1 heterocycles. The summed E-state index contributed by atoms with van der Waals surface area (Å²) in [7, 11) is -3.82.